The van der Waals surface area contributed by atoms with Crippen LogP contribution in [0.25, 0.3) is 0 Å². The van der Waals surface area contributed by atoms with Gasteiger partial charge in [0, 0.05) is 13.2 Å². The van der Waals surface area contributed by atoms with Crippen molar-refractivity contribution in [2.45, 2.75) is 13.0 Å². The van der Waals surface area contributed by atoms with Crippen molar-refractivity contribution in [3.8, 4) is 18.2 Å². The third kappa shape index (κ3) is 3.78. The van der Waals surface area contributed by atoms with E-state index in [9.17, 15) is 13.2 Å². The molecular weight excluding hydrogens is 258 g/mol. The zero-order valence-electron chi connectivity index (χ0n) is 10.2. The van der Waals surface area contributed by atoms with Crippen molar-refractivity contribution < 1.29 is 17.4 Å². The first-order valence-corrected chi connectivity index (χ1v) is 6.74. The summed E-state index contributed by atoms with van der Waals surface area (Å²) in [7, 11) is -2.21. The number of hydrogen-bond acceptors (Lipinski definition) is 5. The highest BCUT2D eigenvalue weighted by Crippen LogP contribution is 2.17. The molecule has 0 fully saturated rings. The monoisotopic (exact) mass is 271 g/mol. The number of aromatic nitrogens is 2. The standard InChI is InChI=1S/C10H13N3O4S/c1-5-7(2)11-9(14)8-6-13(3)12-10(8)17-18(4,15)16/h1,6-7H,2-4H3,(H,11,14). The molecule has 1 aromatic heterocycles. The third-order valence-electron chi connectivity index (χ3n) is 1.87. The molecule has 0 saturated carbocycles. The van der Waals surface area contributed by atoms with Gasteiger partial charge in [-0.2, -0.15) is 8.42 Å². The van der Waals surface area contributed by atoms with Gasteiger partial charge in [-0.1, -0.05) is 5.92 Å². The van der Waals surface area contributed by atoms with Gasteiger partial charge >= 0.3 is 10.1 Å². The van der Waals surface area contributed by atoms with E-state index >= 15 is 0 Å². The van der Waals surface area contributed by atoms with Crippen molar-refractivity contribution in [1.29, 1.82) is 0 Å². The number of nitrogens with one attached hydrogen (secondary N) is 1. The molecule has 1 aromatic rings. The maximum Gasteiger partial charge on any atom is 0.307 e. The number of aryl methyl sites for hydroxylation is 1. The van der Waals surface area contributed by atoms with E-state index in [1.807, 2.05) is 0 Å². The Kier molecular flexibility index (Phi) is 3.98. The van der Waals surface area contributed by atoms with Crippen molar-refractivity contribution in [2.75, 3.05) is 6.26 Å². The zero-order valence-corrected chi connectivity index (χ0v) is 11.0. The summed E-state index contributed by atoms with van der Waals surface area (Å²) in [6, 6.07) is -0.483. The number of amides is 1. The van der Waals surface area contributed by atoms with Gasteiger partial charge in [-0.3, -0.25) is 9.48 Å². The van der Waals surface area contributed by atoms with Gasteiger partial charge in [0.25, 0.3) is 11.8 Å². The van der Waals surface area contributed by atoms with Crippen LogP contribution in [0.5, 0.6) is 5.88 Å². The molecule has 1 rings (SSSR count). The van der Waals surface area contributed by atoms with Crippen LogP contribution in [-0.2, 0) is 17.2 Å². The van der Waals surface area contributed by atoms with Crippen LogP contribution in [0.15, 0.2) is 6.20 Å². The van der Waals surface area contributed by atoms with Gasteiger partial charge in [-0.05, 0) is 6.92 Å². The molecule has 8 heteroatoms. The first kappa shape index (κ1) is 14.1. The lowest BCUT2D eigenvalue weighted by atomic mass is 10.3. The fourth-order valence-electron chi connectivity index (χ4n) is 1.14. The molecular formula is C10H13N3O4S. The number of carbonyl (C=O) groups excluding carboxylic acids is 1. The van der Waals surface area contributed by atoms with Crippen molar-refractivity contribution in [3.63, 3.8) is 0 Å². The molecule has 0 aromatic carbocycles. The summed E-state index contributed by atoms with van der Waals surface area (Å²) in [4.78, 5) is 11.8. The van der Waals surface area contributed by atoms with Crippen LogP contribution >= 0.6 is 0 Å². The van der Waals surface area contributed by atoms with Crippen molar-refractivity contribution in [2.24, 2.45) is 7.05 Å². The Morgan fingerprint density at radius 3 is 2.78 bits per heavy atom. The Bertz CT molecular complexity index is 597. The highest BCUT2D eigenvalue weighted by molar-refractivity contribution is 7.86. The van der Waals surface area contributed by atoms with Crippen LogP contribution in [-0.4, -0.2) is 36.4 Å². The maximum absolute atomic E-state index is 11.8. The summed E-state index contributed by atoms with van der Waals surface area (Å²) >= 11 is 0. The molecule has 0 spiro atoms. The second kappa shape index (κ2) is 5.10. The van der Waals surface area contributed by atoms with E-state index < -0.39 is 22.1 Å². The Labute approximate surface area is 105 Å². The Balaban J connectivity index is 3.02. The average Bonchev–Trinajstić information content (AvgIpc) is 2.56. The molecule has 1 N–H and O–H groups in total. The third-order valence-corrected chi connectivity index (χ3v) is 2.33. The molecule has 0 saturated heterocycles. The smallest absolute Gasteiger partial charge is 0.307 e. The number of carbonyl (C=O) groups is 1. The van der Waals surface area contributed by atoms with Gasteiger partial charge < -0.3 is 9.50 Å². The number of terminal acetylenes is 1. The Hall–Kier alpha value is -2.01. The zero-order chi connectivity index (χ0) is 13.9. The van der Waals surface area contributed by atoms with Crippen LogP contribution < -0.4 is 9.50 Å². The minimum absolute atomic E-state index is 0.00465. The summed E-state index contributed by atoms with van der Waals surface area (Å²) in [5.41, 5.74) is 0.00465. The molecule has 98 valence electrons. The van der Waals surface area contributed by atoms with Crippen LogP contribution in [0.4, 0.5) is 0 Å². The molecule has 7 nitrogen and oxygen atoms in total. The summed E-state index contributed by atoms with van der Waals surface area (Å²) in [6.07, 6.45) is 7.35. The number of rotatable bonds is 4. The second-order valence-corrected chi connectivity index (χ2v) is 5.25. The van der Waals surface area contributed by atoms with Gasteiger partial charge in [0.1, 0.15) is 5.56 Å². The van der Waals surface area contributed by atoms with E-state index in [0.29, 0.717) is 0 Å². The van der Waals surface area contributed by atoms with Crippen molar-refractivity contribution >= 4 is 16.0 Å². The lowest BCUT2D eigenvalue weighted by molar-refractivity contribution is 0.0946. The van der Waals surface area contributed by atoms with E-state index in [1.165, 1.54) is 17.9 Å². The first-order chi connectivity index (χ1) is 8.23. The predicted molar refractivity (Wildman–Crippen MR) is 64.4 cm³/mol. The summed E-state index contributed by atoms with van der Waals surface area (Å²) in [6.45, 7) is 1.62. The van der Waals surface area contributed by atoms with E-state index in [2.05, 4.69) is 20.5 Å². The highest BCUT2D eigenvalue weighted by atomic mass is 32.2. The fraction of sp³-hybridized carbons (Fsp3) is 0.400. The van der Waals surface area contributed by atoms with Crippen LogP contribution in [0.2, 0.25) is 0 Å². The van der Waals surface area contributed by atoms with E-state index in [-0.39, 0.29) is 11.4 Å². The largest absolute Gasteiger partial charge is 0.359 e. The minimum Gasteiger partial charge on any atom is -0.359 e. The molecule has 0 aliphatic carbocycles. The van der Waals surface area contributed by atoms with Crippen LogP contribution in [0.3, 0.4) is 0 Å². The molecule has 18 heavy (non-hydrogen) atoms. The Morgan fingerprint density at radius 1 is 1.67 bits per heavy atom. The molecule has 1 unspecified atom stereocenters. The average molecular weight is 271 g/mol. The first-order valence-electron chi connectivity index (χ1n) is 4.93. The molecule has 1 amide bonds. The van der Waals surface area contributed by atoms with Crippen molar-refractivity contribution in [3.05, 3.63) is 11.8 Å². The van der Waals surface area contributed by atoms with E-state index in [4.69, 9.17) is 6.42 Å². The predicted octanol–water partition coefficient (Wildman–Crippen LogP) is -0.490. The van der Waals surface area contributed by atoms with Gasteiger partial charge in [0.05, 0.1) is 12.3 Å². The summed E-state index contributed by atoms with van der Waals surface area (Å²) < 4.78 is 27.9. The molecule has 0 bridgehead atoms. The van der Waals surface area contributed by atoms with Crippen LogP contribution in [0.1, 0.15) is 17.3 Å². The van der Waals surface area contributed by atoms with Crippen LogP contribution in [0, 0.1) is 12.3 Å². The molecule has 1 atom stereocenters. The second-order valence-electron chi connectivity index (χ2n) is 3.67. The molecule has 0 radical (unpaired) electrons. The topological polar surface area (TPSA) is 90.3 Å². The van der Waals surface area contributed by atoms with Gasteiger partial charge in [-0.15, -0.1) is 11.5 Å². The lowest BCUT2D eigenvalue weighted by Crippen LogP contribution is -2.31. The summed E-state index contributed by atoms with van der Waals surface area (Å²) in [5.74, 6) is 1.50. The summed E-state index contributed by atoms with van der Waals surface area (Å²) in [5, 5.41) is 6.24. The van der Waals surface area contributed by atoms with Gasteiger partial charge in [0.2, 0.25) is 0 Å². The van der Waals surface area contributed by atoms with E-state index in [0.717, 1.165) is 6.26 Å². The molecule has 0 aliphatic heterocycles. The highest BCUT2D eigenvalue weighted by Gasteiger charge is 2.21. The quantitative estimate of drug-likeness (QED) is 0.589. The minimum atomic E-state index is -3.75. The lowest BCUT2D eigenvalue weighted by Gasteiger charge is -2.07. The van der Waals surface area contributed by atoms with E-state index in [1.54, 1.807) is 6.92 Å². The van der Waals surface area contributed by atoms with Gasteiger partial charge in [-0.25, -0.2) is 0 Å². The fourth-order valence-corrected chi connectivity index (χ4v) is 1.55. The molecule has 1 heterocycles. The normalized spacial score (nSPS) is 12.6. The molecule has 0 aliphatic rings. The SMILES string of the molecule is C#CC(C)NC(=O)c1cn(C)nc1OS(C)(=O)=O. The number of nitrogens with zero attached hydrogens (tertiary/aromatic N) is 2. The van der Waals surface area contributed by atoms with Crippen molar-refractivity contribution in [1.82, 2.24) is 15.1 Å². The Morgan fingerprint density at radius 2 is 2.28 bits per heavy atom. The van der Waals surface area contributed by atoms with Gasteiger partial charge in [0.15, 0.2) is 0 Å². The number of hydrogen-bond donors (Lipinski definition) is 1. The maximum atomic E-state index is 11.8.